The third kappa shape index (κ3) is 2.39. The lowest BCUT2D eigenvalue weighted by molar-refractivity contribution is -0.129. The number of hydrogen-bond donors (Lipinski definition) is 0. The molecule has 0 unspecified atom stereocenters. The van der Waals surface area contributed by atoms with E-state index in [0.717, 1.165) is 31.8 Å². The topological polar surface area (TPSA) is 32.7 Å². The molecule has 1 aliphatic heterocycles. The van der Waals surface area contributed by atoms with E-state index in [4.69, 9.17) is 0 Å². The summed E-state index contributed by atoms with van der Waals surface area (Å²) in [7, 11) is 0. The maximum absolute atomic E-state index is 11.9. The number of amides is 1. The number of rotatable bonds is 4. The second-order valence-electron chi connectivity index (χ2n) is 4.31. The first-order valence-corrected chi connectivity index (χ1v) is 5.99. The Morgan fingerprint density at radius 1 is 1.20 bits per heavy atom. The fourth-order valence-corrected chi connectivity index (χ4v) is 1.95. The summed E-state index contributed by atoms with van der Waals surface area (Å²) in [6, 6.07) is 0. The Kier molecular flexibility index (Phi) is 4.30. The molecule has 1 saturated heterocycles. The molecule has 1 fully saturated rings. The van der Waals surface area contributed by atoms with Crippen LogP contribution in [0.15, 0.2) is 4.99 Å². The van der Waals surface area contributed by atoms with Crippen LogP contribution in [-0.4, -0.2) is 29.7 Å². The van der Waals surface area contributed by atoms with Crippen molar-refractivity contribution < 1.29 is 4.79 Å². The van der Waals surface area contributed by atoms with Gasteiger partial charge in [-0.3, -0.25) is 9.79 Å². The predicted octanol–water partition coefficient (Wildman–Crippen LogP) is 2.32. The van der Waals surface area contributed by atoms with Gasteiger partial charge in [-0.2, -0.15) is 0 Å². The highest BCUT2D eigenvalue weighted by Gasteiger charge is 2.39. The summed E-state index contributed by atoms with van der Waals surface area (Å²) in [5, 5.41) is 0. The molecule has 0 aromatic heterocycles. The Hall–Kier alpha value is -0.860. The van der Waals surface area contributed by atoms with E-state index in [1.54, 1.807) is 0 Å². The molecule has 1 heterocycles. The van der Waals surface area contributed by atoms with Crippen molar-refractivity contribution in [2.45, 2.75) is 40.5 Å². The molecule has 0 N–H and O–H groups in total. The largest absolute Gasteiger partial charge is 0.300 e. The fraction of sp³-hybridized carbons (Fsp3) is 0.833. The van der Waals surface area contributed by atoms with Crippen LogP contribution in [0.5, 0.6) is 0 Å². The minimum absolute atomic E-state index is 0.104. The molecule has 2 atom stereocenters. The first-order valence-electron chi connectivity index (χ1n) is 5.99. The van der Waals surface area contributed by atoms with Crippen molar-refractivity contribution in [2.75, 3.05) is 13.1 Å². The summed E-state index contributed by atoms with van der Waals surface area (Å²) in [6.07, 6.45) is 2.04. The Bertz CT molecular complexity index is 260. The van der Waals surface area contributed by atoms with Gasteiger partial charge in [-0.05, 0) is 12.8 Å². The maximum atomic E-state index is 11.9. The fourth-order valence-electron chi connectivity index (χ4n) is 1.95. The molecule has 1 amide bonds. The Balaban J connectivity index is 2.85. The quantitative estimate of drug-likeness (QED) is 0.701. The smallest absolute Gasteiger partial charge is 0.231 e. The molecule has 0 spiro atoms. The lowest BCUT2D eigenvalue weighted by atomic mass is 9.99. The highest BCUT2D eigenvalue weighted by atomic mass is 16.2. The van der Waals surface area contributed by atoms with Gasteiger partial charge in [-0.15, -0.1) is 0 Å². The van der Waals surface area contributed by atoms with Crippen molar-refractivity contribution in [3.63, 3.8) is 0 Å². The van der Waals surface area contributed by atoms with Gasteiger partial charge >= 0.3 is 0 Å². The lowest BCUT2D eigenvalue weighted by Gasteiger charge is -2.17. The van der Waals surface area contributed by atoms with Crippen molar-refractivity contribution in [2.24, 2.45) is 16.8 Å². The highest BCUT2D eigenvalue weighted by molar-refractivity contribution is 6.07. The monoisotopic (exact) mass is 210 g/mol. The molecule has 1 aliphatic rings. The van der Waals surface area contributed by atoms with Crippen LogP contribution in [0.2, 0.25) is 0 Å². The van der Waals surface area contributed by atoms with Crippen molar-refractivity contribution in [3.8, 4) is 0 Å². The van der Waals surface area contributed by atoms with Gasteiger partial charge < -0.3 is 4.90 Å². The number of carbonyl (C=O) groups excluding carboxylic acids is 1. The lowest BCUT2D eigenvalue weighted by Crippen LogP contribution is -2.32. The van der Waals surface area contributed by atoms with Crippen LogP contribution in [0.3, 0.4) is 0 Å². The van der Waals surface area contributed by atoms with Gasteiger partial charge in [0.05, 0.1) is 0 Å². The molecule has 0 radical (unpaired) electrons. The van der Waals surface area contributed by atoms with Gasteiger partial charge in [-0.25, -0.2) is 0 Å². The van der Waals surface area contributed by atoms with Crippen LogP contribution in [0.4, 0.5) is 0 Å². The molecular formula is C12H22N2O. The summed E-state index contributed by atoms with van der Waals surface area (Å²) in [6.45, 7) is 9.96. The SMILES string of the molecule is CCCN=C1[C@@H](C)[C@@H](C)C(=O)N1CCC. The molecule has 0 aromatic rings. The van der Waals surface area contributed by atoms with Gasteiger partial charge in [0.2, 0.25) is 5.91 Å². The van der Waals surface area contributed by atoms with Crippen molar-refractivity contribution in [3.05, 3.63) is 0 Å². The van der Waals surface area contributed by atoms with Crippen LogP contribution in [0.25, 0.3) is 0 Å². The average Bonchev–Trinajstić information content (AvgIpc) is 2.42. The molecule has 3 nitrogen and oxygen atoms in total. The molecule has 0 aliphatic carbocycles. The first-order chi connectivity index (χ1) is 7.13. The van der Waals surface area contributed by atoms with E-state index in [2.05, 4.69) is 25.8 Å². The predicted molar refractivity (Wildman–Crippen MR) is 62.9 cm³/mol. The summed E-state index contributed by atoms with van der Waals surface area (Å²) in [5.41, 5.74) is 0. The summed E-state index contributed by atoms with van der Waals surface area (Å²) in [5.74, 6) is 1.65. The van der Waals surface area contributed by atoms with E-state index in [-0.39, 0.29) is 17.7 Å². The Labute approximate surface area is 92.6 Å². The van der Waals surface area contributed by atoms with Gasteiger partial charge in [-0.1, -0.05) is 27.7 Å². The van der Waals surface area contributed by atoms with Gasteiger partial charge in [0.15, 0.2) is 0 Å². The molecule has 1 rings (SSSR count). The zero-order valence-electron chi connectivity index (χ0n) is 10.3. The summed E-state index contributed by atoms with van der Waals surface area (Å²) in [4.78, 5) is 18.3. The van der Waals surface area contributed by atoms with Crippen molar-refractivity contribution in [1.82, 2.24) is 4.90 Å². The van der Waals surface area contributed by atoms with Gasteiger partial charge in [0.1, 0.15) is 5.84 Å². The van der Waals surface area contributed by atoms with E-state index >= 15 is 0 Å². The normalized spacial score (nSPS) is 29.2. The molecule has 86 valence electrons. The molecular weight excluding hydrogens is 188 g/mol. The van der Waals surface area contributed by atoms with Crippen LogP contribution in [-0.2, 0) is 4.79 Å². The van der Waals surface area contributed by atoms with E-state index in [1.807, 2.05) is 11.8 Å². The number of hydrogen-bond acceptors (Lipinski definition) is 2. The van der Waals surface area contributed by atoms with E-state index in [0.29, 0.717) is 0 Å². The molecule has 0 aromatic carbocycles. The average molecular weight is 210 g/mol. The van der Waals surface area contributed by atoms with Crippen molar-refractivity contribution >= 4 is 11.7 Å². The van der Waals surface area contributed by atoms with E-state index in [1.165, 1.54) is 0 Å². The van der Waals surface area contributed by atoms with Crippen LogP contribution in [0.1, 0.15) is 40.5 Å². The third-order valence-corrected chi connectivity index (χ3v) is 3.03. The third-order valence-electron chi connectivity index (χ3n) is 3.03. The second kappa shape index (κ2) is 5.29. The van der Waals surface area contributed by atoms with Gasteiger partial charge in [0, 0.05) is 24.9 Å². The maximum Gasteiger partial charge on any atom is 0.231 e. The first kappa shape index (κ1) is 12.2. The second-order valence-corrected chi connectivity index (χ2v) is 4.31. The Morgan fingerprint density at radius 2 is 1.87 bits per heavy atom. The Morgan fingerprint density at radius 3 is 2.40 bits per heavy atom. The highest BCUT2D eigenvalue weighted by Crippen LogP contribution is 2.26. The minimum atomic E-state index is 0.104. The summed E-state index contributed by atoms with van der Waals surface area (Å²) >= 11 is 0. The minimum Gasteiger partial charge on any atom is -0.300 e. The number of amidine groups is 1. The zero-order valence-corrected chi connectivity index (χ0v) is 10.3. The summed E-state index contributed by atoms with van der Waals surface area (Å²) < 4.78 is 0. The van der Waals surface area contributed by atoms with E-state index < -0.39 is 0 Å². The molecule has 15 heavy (non-hydrogen) atoms. The van der Waals surface area contributed by atoms with Crippen LogP contribution >= 0.6 is 0 Å². The number of likely N-dealkylation sites (tertiary alicyclic amines) is 1. The molecule has 0 saturated carbocycles. The van der Waals surface area contributed by atoms with E-state index in [9.17, 15) is 4.79 Å². The molecule has 3 heteroatoms. The number of nitrogens with zero attached hydrogens (tertiary/aromatic N) is 2. The van der Waals surface area contributed by atoms with Crippen LogP contribution in [0, 0.1) is 11.8 Å². The number of aliphatic imine (C=N–C) groups is 1. The van der Waals surface area contributed by atoms with Crippen LogP contribution < -0.4 is 0 Å². The molecule has 0 bridgehead atoms. The van der Waals surface area contributed by atoms with Gasteiger partial charge in [0.25, 0.3) is 0 Å². The van der Waals surface area contributed by atoms with Crippen molar-refractivity contribution in [1.29, 1.82) is 0 Å². The number of carbonyl (C=O) groups is 1. The standard InChI is InChI=1S/C12H22N2O/c1-5-7-13-11-9(3)10(4)12(15)14(11)8-6-2/h9-10H,5-8H2,1-4H3/t9-,10+/m0/s1. The zero-order chi connectivity index (χ0) is 11.4.